The van der Waals surface area contributed by atoms with Crippen molar-refractivity contribution < 1.29 is 4.79 Å². The minimum Gasteiger partial charge on any atom is -0.347 e. The van der Waals surface area contributed by atoms with Gasteiger partial charge in [-0.2, -0.15) is 0 Å². The van der Waals surface area contributed by atoms with Gasteiger partial charge in [0, 0.05) is 12.6 Å². The first-order valence-electron chi connectivity index (χ1n) is 7.27. The third-order valence-electron chi connectivity index (χ3n) is 3.59. The largest absolute Gasteiger partial charge is 0.347 e. The van der Waals surface area contributed by atoms with Crippen molar-refractivity contribution >= 4 is 18.3 Å². The Morgan fingerprint density at radius 1 is 1.36 bits per heavy atom. The Labute approximate surface area is 135 Å². The van der Waals surface area contributed by atoms with Crippen LogP contribution in [0, 0.1) is 0 Å². The Morgan fingerprint density at radius 2 is 2.18 bits per heavy atom. The van der Waals surface area contributed by atoms with Gasteiger partial charge in [0.15, 0.2) is 5.69 Å². The van der Waals surface area contributed by atoms with Crippen molar-refractivity contribution in [2.24, 2.45) is 0 Å². The highest BCUT2D eigenvalue weighted by Crippen LogP contribution is 2.04. The molecular formula is C15H20ClN5O. The van der Waals surface area contributed by atoms with E-state index in [9.17, 15) is 4.79 Å². The number of carbonyl (C=O) groups excluding carboxylic acids is 1. The summed E-state index contributed by atoms with van der Waals surface area (Å²) in [6, 6.07) is 10.2. The number of benzene rings is 1. The van der Waals surface area contributed by atoms with E-state index in [1.54, 1.807) is 10.9 Å². The number of hydrogen-bond donors (Lipinski definition) is 2. The van der Waals surface area contributed by atoms with Crippen molar-refractivity contribution in [3.63, 3.8) is 0 Å². The number of nitrogens with zero attached hydrogens (tertiary/aromatic N) is 3. The Kier molecular flexibility index (Phi) is 5.91. The lowest BCUT2D eigenvalue weighted by molar-refractivity contribution is 0.0925. The van der Waals surface area contributed by atoms with Crippen LogP contribution in [0.4, 0.5) is 0 Å². The zero-order valence-corrected chi connectivity index (χ0v) is 13.1. The molecule has 2 N–H and O–H groups in total. The zero-order valence-electron chi connectivity index (χ0n) is 12.2. The Hall–Kier alpha value is -1.92. The first-order chi connectivity index (χ1) is 10.3. The molecule has 1 fully saturated rings. The lowest BCUT2D eigenvalue weighted by atomic mass is 10.1. The number of aromatic nitrogens is 3. The molecule has 0 spiro atoms. The van der Waals surface area contributed by atoms with Crippen LogP contribution in [0.3, 0.4) is 0 Å². The van der Waals surface area contributed by atoms with Gasteiger partial charge in [0.05, 0.1) is 12.7 Å². The molecule has 1 unspecified atom stereocenters. The van der Waals surface area contributed by atoms with E-state index >= 15 is 0 Å². The molecule has 1 atom stereocenters. The molecule has 0 bridgehead atoms. The summed E-state index contributed by atoms with van der Waals surface area (Å²) in [5, 5.41) is 14.2. The molecule has 0 saturated carbocycles. The van der Waals surface area contributed by atoms with Crippen molar-refractivity contribution in [2.75, 3.05) is 13.1 Å². The third kappa shape index (κ3) is 4.29. The fourth-order valence-corrected chi connectivity index (χ4v) is 2.48. The van der Waals surface area contributed by atoms with Crippen molar-refractivity contribution in [1.82, 2.24) is 25.6 Å². The summed E-state index contributed by atoms with van der Waals surface area (Å²) in [4.78, 5) is 12.1. The Bertz CT molecular complexity index is 595. The van der Waals surface area contributed by atoms with Gasteiger partial charge < -0.3 is 10.6 Å². The second kappa shape index (κ2) is 7.91. The number of nitrogens with one attached hydrogen (secondary N) is 2. The smallest absolute Gasteiger partial charge is 0.273 e. The fraction of sp³-hybridized carbons (Fsp3) is 0.400. The average molecular weight is 322 g/mol. The first kappa shape index (κ1) is 16.5. The standard InChI is InChI=1S/C15H19N5O.ClH/c21-15(17-13-7-4-8-16-9-13)14-11-20(19-18-14)10-12-5-2-1-3-6-12;/h1-3,5-6,11,13,16H,4,7-10H2,(H,17,21);1H. The fourth-order valence-electron chi connectivity index (χ4n) is 2.48. The molecule has 6 nitrogen and oxygen atoms in total. The lowest BCUT2D eigenvalue weighted by Crippen LogP contribution is -2.45. The number of rotatable bonds is 4. The van der Waals surface area contributed by atoms with Crippen LogP contribution in [-0.4, -0.2) is 40.0 Å². The van der Waals surface area contributed by atoms with Gasteiger partial charge in [0.25, 0.3) is 5.91 Å². The van der Waals surface area contributed by atoms with Crippen LogP contribution in [0.5, 0.6) is 0 Å². The van der Waals surface area contributed by atoms with Gasteiger partial charge in [-0.3, -0.25) is 4.79 Å². The van der Waals surface area contributed by atoms with Crippen LogP contribution in [-0.2, 0) is 6.54 Å². The molecule has 1 aliphatic rings. The highest BCUT2D eigenvalue weighted by molar-refractivity contribution is 5.92. The summed E-state index contributed by atoms with van der Waals surface area (Å²) in [6.07, 6.45) is 3.79. The maximum absolute atomic E-state index is 12.1. The summed E-state index contributed by atoms with van der Waals surface area (Å²) < 4.78 is 1.68. The van der Waals surface area contributed by atoms with Crippen molar-refractivity contribution in [1.29, 1.82) is 0 Å². The first-order valence-corrected chi connectivity index (χ1v) is 7.27. The molecule has 0 radical (unpaired) electrons. The predicted octanol–water partition coefficient (Wildman–Crippen LogP) is 1.23. The molecule has 3 rings (SSSR count). The molecule has 2 aromatic rings. The monoisotopic (exact) mass is 321 g/mol. The molecule has 1 saturated heterocycles. The molecular weight excluding hydrogens is 302 g/mol. The van der Waals surface area contributed by atoms with Crippen LogP contribution < -0.4 is 10.6 Å². The van der Waals surface area contributed by atoms with Crippen molar-refractivity contribution in [3.05, 3.63) is 47.8 Å². The van der Waals surface area contributed by atoms with Gasteiger partial charge in [-0.05, 0) is 24.9 Å². The van der Waals surface area contributed by atoms with E-state index in [1.165, 1.54) is 0 Å². The topological polar surface area (TPSA) is 71.8 Å². The minimum atomic E-state index is -0.150. The molecule has 1 aromatic carbocycles. The van der Waals surface area contributed by atoms with Crippen LogP contribution in [0.25, 0.3) is 0 Å². The van der Waals surface area contributed by atoms with E-state index in [4.69, 9.17) is 0 Å². The second-order valence-corrected chi connectivity index (χ2v) is 5.30. The molecule has 118 valence electrons. The van der Waals surface area contributed by atoms with Crippen LogP contribution in [0.1, 0.15) is 28.9 Å². The van der Waals surface area contributed by atoms with Gasteiger partial charge in [-0.25, -0.2) is 4.68 Å². The quantitative estimate of drug-likeness (QED) is 0.888. The number of carbonyl (C=O) groups is 1. The summed E-state index contributed by atoms with van der Waals surface area (Å²) in [5.41, 5.74) is 1.50. The van der Waals surface area contributed by atoms with Crippen LogP contribution in [0.15, 0.2) is 36.5 Å². The highest BCUT2D eigenvalue weighted by atomic mass is 35.5. The average Bonchev–Trinajstić information content (AvgIpc) is 2.98. The van der Waals surface area contributed by atoms with E-state index < -0.39 is 0 Å². The number of hydrogen-bond acceptors (Lipinski definition) is 4. The molecule has 1 amide bonds. The van der Waals surface area contributed by atoms with Crippen LogP contribution >= 0.6 is 12.4 Å². The van der Waals surface area contributed by atoms with Gasteiger partial charge in [-0.1, -0.05) is 35.5 Å². The molecule has 1 aliphatic heterocycles. The molecule has 7 heteroatoms. The van der Waals surface area contributed by atoms with E-state index in [0.717, 1.165) is 31.5 Å². The van der Waals surface area contributed by atoms with Gasteiger partial charge >= 0.3 is 0 Å². The summed E-state index contributed by atoms with van der Waals surface area (Å²) in [5.74, 6) is -0.150. The normalized spacial score (nSPS) is 17.5. The van der Waals surface area contributed by atoms with E-state index in [0.29, 0.717) is 12.2 Å². The molecule has 0 aliphatic carbocycles. The molecule has 22 heavy (non-hydrogen) atoms. The lowest BCUT2D eigenvalue weighted by Gasteiger charge is -2.23. The molecule has 2 heterocycles. The maximum Gasteiger partial charge on any atom is 0.273 e. The number of halogens is 1. The summed E-state index contributed by atoms with van der Waals surface area (Å²) in [6.45, 7) is 2.47. The van der Waals surface area contributed by atoms with Gasteiger partial charge in [0.2, 0.25) is 0 Å². The number of piperidine rings is 1. The predicted molar refractivity (Wildman–Crippen MR) is 86.2 cm³/mol. The summed E-state index contributed by atoms with van der Waals surface area (Å²) in [7, 11) is 0. The maximum atomic E-state index is 12.1. The van der Waals surface area contributed by atoms with Crippen molar-refractivity contribution in [2.45, 2.75) is 25.4 Å². The van der Waals surface area contributed by atoms with Crippen LogP contribution in [0.2, 0.25) is 0 Å². The second-order valence-electron chi connectivity index (χ2n) is 5.30. The summed E-state index contributed by atoms with van der Waals surface area (Å²) >= 11 is 0. The van der Waals surface area contributed by atoms with Crippen molar-refractivity contribution in [3.8, 4) is 0 Å². The van der Waals surface area contributed by atoms with Gasteiger partial charge in [-0.15, -0.1) is 17.5 Å². The Morgan fingerprint density at radius 3 is 2.91 bits per heavy atom. The zero-order chi connectivity index (χ0) is 14.5. The van der Waals surface area contributed by atoms with E-state index in [2.05, 4.69) is 20.9 Å². The highest BCUT2D eigenvalue weighted by Gasteiger charge is 2.18. The SMILES string of the molecule is Cl.O=C(NC1CCCNC1)c1cn(Cc2ccccc2)nn1. The van der Waals surface area contributed by atoms with Gasteiger partial charge in [0.1, 0.15) is 0 Å². The Balaban J connectivity index is 0.00000176. The molecule has 1 aromatic heterocycles. The van der Waals surface area contributed by atoms with E-state index in [-0.39, 0.29) is 24.4 Å². The number of amides is 1. The van der Waals surface area contributed by atoms with E-state index in [1.807, 2.05) is 30.3 Å². The minimum absolute atomic E-state index is 0. The third-order valence-corrected chi connectivity index (χ3v) is 3.59.